The molecule has 12 heteroatoms. The molecule has 0 radical (unpaired) electrons. The van der Waals surface area contributed by atoms with Crippen LogP contribution in [0.3, 0.4) is 0 Å². The van der Waals surface area contributed by atoms with E-state index >= 15 is 0 Å². The van der Waals surface area contributed by atoms with Crippen LogP contribution in [0.2, 0.25) is 0 Å². The monoisotopic (exact) mass is 553 g/mol. The topological polar surface area (TPSA) is 89.9 Å². The molecule has 204 valence electrons. The lowest BCUT2D eigenvalue weighted by Crippen LogP contribution is -2.50. The normalized spacial score (nSPS) is 24.0. The van der Waals surface area contributed by atoms with E-state index in [0.29, 0.717) is 63.8 Å². The maximum absolute atomic E-state index is 13.4. The Morgan fingerprint density at radius 3 is 2.22 bits per heavy atom. The van der Waals surface area contributed by atoms with Crippen LogP contribution in [0.1, 0.15) is 63.4 Å². The molecule has 0 unspecified atom stereocenters. The number of halogens is 4. The molecule has 3 aliphatic rings. The highest BCUT2D eigenvalue weighted by Crippen LogP contribution is 2.38. The number of alkyl halides is 3. The predicted molar refractivity (Wildman–Crippen MR) is 131 cm³/mol. The molecular weight excluding hydrogens is 519 g/mol. The summed E-state index contributed by atoms with van der Waals surface area (Å²) in [6, 6.07) is 3.73. The van der Waals surface area contributed by atoms with Crippen molar-refractivity contribution in [3.05, 3.63) is 29.8 Å². The fraction of sp³-hybridized carbons (Fsp3) is 0.708. The van der Waals surface area contributed by atoms with Crippen molar-refractivity contribution in [1.29, 1.82) is 0 Å². The number of piperidine rings is 1. The maximum Gasteiger partial charge on any atom is 0.416 e. The van der Waals surface area contributed by atoms with Gasteiger partial charge in [-0.3, -0.25) is 4.79 Å². The second kappa shape index (κ2) is 12.0. The van der Waals surface area contributed by atoms with Gasteiger partial charge >= 0.3 is 6.18 Å². The largest absolute Gasteiger partial charge is 0.416 e. The SMILES string of the molecule is Cl.O=C(CCNC1CCC(O)CC1)N1CCC(N(C2CC2)S(=O)(=O)c2cccc(C(F)(F)F)c2)CC1. The molecule has 36 heavy (non-hydrogen) atoms. The quantitative estimate of drug-likeness (QED) is 0.514. The zero-order valence-corrected chi connectivity index (χ0v) is 21.8. The number of sulfonamides is 1. The minimum atomic E-state index is -4.62. The Morgan fingerprint density at radius 1 is 1.03 bits per heavy atom. The van der Waals surface area contributed by atoms with Gasteiger partial charge in [0.2, 0.25) is 15.9 Å². The number of nitrogens with zero attached hydrogens (tertiary/aromatic N) is 2. The van der Waals surface area contributed by atoms with Crippen molar-refractivity contribution in [3.8, 4) is 0 Å². The fourth-order valence-corrected chi connectivity index (χ4v) is 7.14. The van der Waals surface area contributed by atoms with E-state index in [0.717, 1.165) is 37.8 Å². The Hall–Kier alpha value is -1.40. The molecular formula is C24H35ClF3N3O4S. The zero-order chi connectivity index (χ0) is 25.2. The number of hydrogen-bond acceptors (Lipinski definition) is 5. The number of rotatable bonds is 8. The number of amides is 1. The van der Waals surface area contributed by atoms with Gasteiger partial charge in [0.15, 0.2) is 0 Å². The summed E-state index contributed by atoms with van der Waals surface area (Å²) in [5.74, 6) is 0.0190. The molecule has 1 aromatic carbocycles. The first-order valence-corrected chi connectivity index (χ1v) is 13.9. The van der Waals surface area contributed by atoms with Crippen LogP contribution in [0, 0.1) is 0 Å². The van der Waals surface area contributed by atoms with Gasteiger partial charge in [-0.15, -0.1) is 12.4 Å². The predicted octanol–water partition coefficient (Wildman–Crippen LogP) is 3.55. The molecule has 3 fully saturated rings. The molecule has 1 amide bonds. The van der Waals surface area contributed by atoms with Gasteiger partial charge in [-0.2, -0.15) is 17.5 Å². The number of likely N-dealkylation sites (tertiary alicyclic amines) is 1. The number of carbonyl (C=O) groups excluding carboxylic acids is 1. The maximum atomic E-state index is 13.4. The molecule has 1 aromatic rings. The third-order valence-electron chi connectivity index (χ3n) is 7.29. The van der Waals surface area contributed by atoms with E-state index < -0.39 is 21.8 Å². The van der Waals surface area contributed by atoms with Gasteiger partial charge in [-0.1, -0.05) is 6.07 Å². The van der Waals surface area contributed by atoms with Crippen molar-refractivity contribution < 1.29 is 31.5 Å². The molecule has 0 spiro atoms. The van der Waals surface area contributed by atoms with Crippen LogP contribution in [-0.2, 0) is 21.0 Å². The molecule has 0 atom stereocenters. The van der Waals surface area contributed by atoms with Crippen molar-refractivity contribution in [2.75, 3.05) is 19.6 Å². The summed E-state index contributed by atoms with van der Waals surface area (Å²) in [7, 11) is -4.09. The van der Waals surface area contributed by atoms with E-state index in [2.05, 4.69) is 5.32 Å². The molecule has 2 aliphatic carbocycles. The summed E-state index contributed by atoms with van der Waals surface area (Å²) in [5.41, 5.74) is -0.979. The Morgan fingerprint density at radius 2 is 1.64 bits per heavy atom. The molecule has 0 bridgehead atoms. The van der Waals surface area contributed by atoms with Crippen molar-refractivity contribution in [2.45, 2.75) is 93.1 Å². The van der Waals surface area contributed by atoms with Gasteiger partial charge in [0, 0.05) is 44.2 Å². The first-order valence-electron chi connectivity index (χ1n) is 12.5. The summed E-state index contributed by atoms with van der Waals surface area (Å²) in [6.07, 6.45) is 1.21. The van der Waals surface area contributed by atoms with Crippen molar-refractivity contribution in [1.82, 2.24) is 14.5 Å². The second-order valence-corrected chi connectivity index (χ2v) is 11.8. The lowest BCUT2D eigenvalue weighted by molar-refractivity contribution is -0.137. The smallest absolute Gasteiger partial charge is 0.393 e. The number of hydrogen-bond donors (Lipinski definition) is 2. The van der Waals surface area contributed by atoms with E-state index in [4.69, 9.17) is 0 Å². The molecule has 1 aliphatic heterocycles. The van der Waals surface area contributed by atoms with Crippen LogP contribution in [0.25, 0.3) is 0 Å². The first kappa shape index (κ1) is 29.2. The van der Waals surface area contributed by atoms with E-state index in [9.17, 15) is 31.5 Å². The standard InChI is InChI=1S/C24H34F3N3O4S.ClH/c25-24(26,27)17-2-1-3-22(16-17)35(33,34)30(19-6-7-19)20-11-14-29(15-12-20)23(32)10-13-28-18-4-8-21(31)9-5-18;/h1-3,16,18-21,28,31H,4-15H2;1H. The number of aliphatic hydroxyl groups is 1. The van der Waals surface area contributed by atoms with Gasteiger partial charge < -0.3 is 15.3 Å². The first-order chi connectivity index (χ1) is 16.6. The van der Waals surface area contributed by atoms with Crippen LogP contribution in [0.5, 0.6) is 0 Å². The highest BCUT2D eigenvalue weighted by molar-refractivity contribution is 7.89. The van der Waals surface area contributed by atoms with Crippen LogP contribution >= 0.6 is 12.4 Å². The third kappa shape index (κ3) is 7.12. The van der Waals surface area contributed by atoms with Crippen LogP contribution in [0.15, 0.2) is 29.2 Å². The summed E-state index contributed by atoms with van der Waals surface area (Å²) in [5, 5.41) is 13.0. The molecule has 1 heterocycles. The number of aliphatic hydroxyl groups excluding tert-OH is 1. The Labute approximate surface area is 216 Å². The van der Waals surface area contributed by atoms with E-state index in [1.807, 2.05) is 0 Å². The molecule has 7 nitrogen and oxygen atoms in total. The van der Waals surface area contributed by atoms with Crippen molar-refractivity contribution in [2.24, 2.45) is 0 Å². The third-order valence-corrected chi connectivity index (χ3v) is 9.29. The summed E-state index contributed by atoms with van der Waals surface area (Å²) in [4.78, 5) is 14.1. The van der Waals surface area contributed by atoms with Gasteiger partial charge in [-0.25, -0.2) is 8.42 Å². The van der Waals surface area contributed by atoms with Gasteiger partial charge in [0.25, 0.3) is 0 Å². The van der Waals surface area contributed by atoms with E-state index in [1.54, 1.807) is 4.90 Å². The Bertz CT molecular complexity index is 991. The van der Waals surface area contributed by atoms with Crippen molar-refractivity contribution >= 4 is 28.3 Å². The van der Waals surface area contributed by atoms with E-state index in [1.165, 1.54) is 10.4 Å². The Balaban J connectivity index is 0.00000361. The minimum Gasteiger partial charge on any atom is -0.393 e. The fourth-order valence-electron chi connectivity index (χ4n) is 5.17. The van der Waals surface area contributed by atoms with E-state index in [-0.39, 0.29) is 41.4 Å². The number of carbonyl (C=O) groups is 1. The van der Waals surface area contributed by atoms with Gasteiger partial charge in [0.05, 0.1) is 16.6 Å². The van der Waals surface area contributed by atoms with Crippen LogP contribution < -0.4 is 5.32 Å². The Kier molecular flexibility index (Phi) is 9.70. The molecule has 0 aromatic heterocycles. The zero-order valence-electron chi connectivity index (χ0n) is 20.1. The van der Waals surface area contributed by atoms with Gasteiger partial charge in [0.1, 0.15) is 0 Å². The summed E-state index contributed by atoms with van der Waals surface area (Å²) >= 11 is 0. The lowest BCUT2D eigenvalue weighted by Gasteiger charge is -2.38. The van der Waals surface area contributed by atoms with Gasteiger partial charge in [-0.05, 0) is 69.6 Å². The average Bonchev–Trinajstić information content (AvgIpc) is 3.65. The number of nitrogens with one attached hydrogen (secondary N) is 1. The molecule has 1 saturated heterocycles. The van der Waals surface area contributed by atoms with Crippen LogP contribution in [0.4, 0.5) is 13.2 Å². The summed E-state index contributed by atoms with van der Waals surface area (Å²) in [6.45, 7) is 1.43. The molecule has 2 saturated carbocycles. The highest BCUT2D eigenvalue weighted by atomic mass is 35.5. The second-order valence-electron chi connectivity index (χ2n) is 9.91. The van der Waals surface area contributed by atoms with Crippen molar-refractivity contribution in [3.63, 3.8) is 0 Å². The molecule has 2 N–H and O–H groups in total. The minimum absolute atomic E-state index is 0. The number of benzene rings is 1. The summed E-state index contributed by atoms with van der Waals surface area (Å²) < 4.78 is 67.6. The average molecular weight is 554 g/mol. The molecule has 4 rings (SSSR count). The van der Waals surface area contributed by atoms with Crippen LogP contribution in [-0.4, -0.2) is 72.5 Å². The highest BCUT2D eigenvalue weighted by Gasteiger charge is 2.44. The lowest BCUT2D eigenvalue weighted by atomic mass is 9.93.